The lowest BCUT2D eigenvalue weighted by Crippen LogP contribution is -2.46. The number of carbonyl (C=O) groups is 2. The van der Waals surface area contributed by atoms with E-state index in [0.29, 0.717) is 12.1 Å². The van der Waals surface area contributed by atoms with Crippen molar-refractivity contribution in [1.29, 1.82) is 0 Å². The SMILES string of the molecule is CCc1ccccc1C(=O)N(CC(N)=O)C1CCNC1. The van der Waals surface area contributed by atoms with Crippen molar-refractivity contribution in [2.75, 3.05) is 19.6 Å². The minimum absolute atomic E-state index is 0.0246. The highest BCUT2D eigenvalue weighted by molar-refractivity contribution is 5.97. The first-order chi connectivity index (χ1) is 9.63. The Morgan fingerprint density at radius 2 is 2.15 bits per heavy atom. The third-order valence-corrected chi connectivity index (χ3v) is 3.69. The molecule has 5 heteroatoms. The number of primary amides is 1. The molecule has 1 fully saturated rings. The van der Waals surface area contributed by atoms with Crippen LogP contribution in [0.15, 0.2) is 24.3 Å². The van der Waals surface area contributed by atoms with Gasteiger partial charge in [-0.25, -0.2) is 0 Å². The molecule has 20 heavy (non-hydrogen) atoms. The molecule has 5 nitrogen and oxygen atoms in total. The second kappa shape index (κ2) is 6.52. The van der Waals surface area contributed by atoms with Gasteiger partial charge in [0.15, 0.2) is 0 Å². The zero-order valence-electron chi connectivity index (χ0n) is 11.8. The number of amides is 2. The summed E-state index contributed by atoms with van der Waals surface area (Å²) in [6, 6.07) is 7.58. The van der Waals surface area contributed by atoms with Crippen LogP contribution >= 0.6 is 0 Å². The number of nitrogens with zero attached hydrogens (tertiary/aromatic N) is 1. The van der Waals surface area contributed by atoms with Crippen LogP contribution in [0.3, 0.4) is 0 Å². The van der Waals surface area contributed by atoms with Gasteiger partial charge in [-0.1, -0.05) is 25.1 Å². The lowest BCUT2D eigenvalue weighted by atomic mass is 10.0. The van der Waals surface area contributed by atoms with Crippen molar-refractivity contribution in [3.05, 3.63) is 35.4 Å². The largest absolute Gasteiger partial charge is 0.368 e. The van der Waals surface area contributed by atoms with Gasteiger partial charge in [-0.3, -0.25) is 9.59 Å². The molecule has 1 atom stereocenters. The number of nitrogens with two attached hydrogens (primary N) is 1. The lowest BCUT2D eigenvalue weighted by Gasteiger charge is -2.28. The summed E-state index contributed by atoms with van der Waals surface area (Å²) in [4.78, 5) is 25.6. The van der Waals surface area contributed by atoms with Crippen molar-refractivity contribution < 1.29 is 9.59 Å². The standard InChI is InChI=1S/C15H21N3O2/c1-2-11-5-3-4-6-13(11)15(20)18(10-14(16)19)12-7-8-17-9-12/h3-6,12,17H,2,7-10H2,1H3,(H2,16,19). The van der Waals surface area contributed by atoms with E-state index in [1.54, 1.807) is 4.90 Å². The van der Waals surface area contributed by atoms with Gasteiger partial charge in [-0.2, -0.15) is 0 Å². The van der Waals surface area contributed by atoms with E-state index < -0.39 is 5.91 Å². The van der Waals surface area contributed by atoms with E-state index in [4.69, 9.17) is 5.73 Å². The molecule has 0 aromatic heterocycles. The highest BCUT2D eigenvalue weighted by Crippen LogP contribution is 2.17. The molecule has 1 unspecified atom stereocenters. The maximum absolute atomic E-state index is 12.7. The normalized spacial score (nSPS) is 17.9. The molecule has 0 spiro atoms. The molecular formula is C15H21N3O2. The van der Waals surface area contributed by atoms with E-state index in [1.165, 1.54) is 0 Å². The smallest absolute Gasteiger partial charge is 0.254 e. The fourth-order valence-corrected chi connectivity index (χ4v) is 2.63. The third-order valence-electron chi connectivity index (χ3n) is 3.69. The number of hydrogen-bond acceptors (Lipinski definition) is 3. The predicted octanol–water partition coefficient (Wildman–Crippen LogP) is 0.538. The van der Waals surface area contributed by atoms with Gasteiger partial charge in [0.2, 0.25) is 5.91 Å². The third kappa shape index (κ3) is 3.17. The van der Waals surface area contributed by atoms with Crippen LogP contribution in [0.25, 0.3) is 0 Å². The Morgan fingerprint density at radius 3 is 2.75 bits per heavy atom. The second-order valence-electron chi connectivity index (χ2n) is 5.06. The molecule has 1 saturated heterocycles. The summed E-state index contributed by atoms with van der Waals surface area (Å²) >= 11 is 0. The van der Waals surface area contributed by atoms with Crippen molar-refractivity contribution in [3.8, 4) is 0 Å². The summed E-state index contributed by atoms with van der Waals surface area (Å²) in [7, 11) is 0. The molecule has 108 valence electrons. The van der Waals surface area contributed by atoms with Crippen molar-refractivity contribution >= 4 is 11.8 Å². The van der Waals surface area contributed by atoms with Gasteiger partial charge in [0.1, 0.15) is 0 Å². The highest BCUT2D eigenvalue weighted by Gasteiger charge is 2.29. The maximum Gasteiger partial charge on any atom is 0.254 e. The van der Waals surface area contributed by atoms with E-state index >= 15 is 0 Å². The van der Waals surface area contributed by atoms with Gasteiger partial charge in [-0.05, 0) is 31.0 Å². The summed E-state index contributed by atoms with van der Waals surface area (Å²) in [5.74, 6) is -0.575. The van der Waals surface area contributed by atoms with Gasteiger partial charge in [0.25, 0.3) is 5.91 Å². The highest BCUT2D eigenvalue weighted by atomic mass is 16.2. The summed E-state index contributed by atoms with van der Waals surface area (Å²) in [5, 5.41) is 3.21. The molecular weight excluding hydrogens is 254 g/mol. The first-order valence-electron chi connectivity index (χ1n) is 7.01. The van der Waals surface area contributed by atoms with Crippen LogP contribution in [-0.4, -0.2) is 42.4 Å². The molecule has 0 radical (unpaired) electrons. The Balaban J connectivity index is 2.27. The summed E-state index contributed by atoms with van der Waals surface area (Å²) in [6.07, 6.45) is 1.64. The van der Waals surface area contributed by atoms with E-state index in [0.717, 1.165) is 24.9 Å². The molecule has 1 heterocycles. The number of nitrogens with one attached hydrogen (secondary N) is 1. The molecule has 1 aromatic carbocycles. The van der Waals surface area contributed by atoms with Crippen molar-refractivity contribution in [1.82, 2.24) is 10.2 Å². The summed E-state index contributed by atoms with van der Waals surface area (Å²) in [5.41, 5.74) is 6.96. The number of aryl methyl sites for hydroxylation is 1. The minimum Gasteiger partial charge on any atom is -0.368 e. The van der Waals surface area contributed by atoms with Crippen LogP contribution < -0.4 is 11.1 Å². The van der Waals surface area contributed by atoms with Crippen molar-refractivity contribution in [2.24, 2.45) is 5.73 Å². The Hall–Kier alpha value is -1.88. The van der Waals surface area contributed by atoms with Crippen LogP contribution in [0.1, 0.15) is 29.3 Å². The molecule has 3 N–H and O–H groups in total. The van der Waals surface area contributed by atoms with Gasteiger partial charge in [0, 0.05) is 18.2 Å². The Morgan fingerprint density at radius 1 is 1.40 bits per heavy atom. The molecule has 2 rings (SSSR count). The van der Waals surface area contributed by atoms with Crippen LogP contribution in [0.5, 0.6) is 0 Å². The predicted molar refractivity (Wildman–Crippen MR) is 77.3 cm³/mol. The zero-order chi connectivity index (χ0) is 14.5. The lowest BCUT2D eigenvalue weighted by molar-refractivity contribution is -0.119. The number of benzene rings is 1. The van der Waals surface area contributed by atoms with Crippen LogP contribution in [0, 0.1) is 0 Å². The van der Waals surface area contributed by atoms with Gasteiger partial charge in [0.05, 0.1) is 6.54 Å². The Labute approximate surface area is 119 Å². The minimum atomic E-state index is -0.473. The second-order valence-corrected chi connectivity index (χ2v) is 5.06. The molecule has 0 bridgehead atoms. The maximum atomic E-state index is 12.7. The zero-order valence-corrected chi connectivity index (χ0v) is 11.8. The van der Waals surface area contributed by atoms with E-state index in [2.05, 4.69) is 5.32 Å². The van der Waals surface area contributed by atoms with E-state index in [9.17, 15) is 9.59 Å². The first-order valence-corrected chi connectivity index (χ1v) is 7.01. The fourth-order valence-electron chi connectivity index (χ4n) is 2.63. The van der Waals surface area contributed by atoms with Gasteiger partial charge < -0.3 is 16.0 Å². The van der Waals surface area contributed by atoms with Crippen LogP contribution in [-0.2, 0) is 11.2 Å². The monoisotopic (exact) mass is 275 g/mol. The number of rotatable bonds is 5. The molecule has 1 aliphatic rings. The van der Waals surface area contributed by atoms with Gasteiger partial charge in [-0.15, -0.1) is 0 Å². The van der Waals surface area contributed by atoms with Crippen molar-refractivity contribution in [2.45, 2.75) is 25.8 Å². The molecule has 1 aliphatic heterocycles. The Bertz CT molecular complexity index is 496. The summed E-state index contributed by atoms with van der Waals surface area (Å²) in [6.45, 7) is 3.57. The topological polar surface area (TPSA) is 75.4 Å². The number of carbonyl (C=O) groups excluding carboxylic acids is 2. The van der Waals surface area contributed by atoms with E-state index in [-0.39, 0.29) is 18.5 Å². The quantitative estimate of drug-likeness (QED) is 0.823. The summed E-state index contributed by atoms with van der Waals surface area (Å²) < 4.78 is 0. The van der Waals surface area contributed by atoms with Crippen LogP contribution in [0.2, 0.25) is 0 Å². The average Bonchev–Trinajstić information content (AvgIpc) is 2.97. The number of hydrogen-bond donors (Lipinski definition) is 2. The Kier molecular flexibility index (Phi) is 4.74. The van der Waals surface area contributed by atoms with E-state index in [1.807, 2.05) is 31.2 Å². The van der Waals surface area contributed by atoms with Crippen molar-refractivity contribution in [3.63, 3.8) is 0 Å². The first kappa shape index (κ1) is 14.5. The average molecular weight is 275 g/mol. The molecule has 0 aliphatic carbocycles. The molecule has 0 saturated carbocycles. The molecule has 1 aromatic rings. The van der Waals surface area contributed by atoms with Gasteiger partial charge >= 0.3 is 0 Å². The van der Waals surface area contributed by atoms with Crippen LogP contribution in [0.4, 0.5) is 0 Å². The molecule has 2 amide bonds. The fraction of sp³-hybridized carbons (Fsp3) is 0.467.